The quantitative estimate of drug-likeness (QED) is 0.567. The molecule has 2 aromatic rings. The lowest BCUT2D eigenvalue weighted by Crippen LogP contribution is -2.42. The van der Waals surface area contributed by atoms with Gasteiger partial charge in [-0.1, -0.05) is 18.2 Å². The number of hydrogen-bond donors (Lipinski definition) is 0. The smallest absolute Gasteiger partial charge is 0.243 e. The first-order chi connectivity index (χ1) is 13.1. The van der Waals surface area contributed by atoms with Crippen molar-refractivity contribution in [1.82, 2.24) is 9.80 Å². The van der Waals surface area contributed by atoms with Crippen molar-refractivity contribution in [3.63, 3.8) is 0 Å². The summed E-state index contributed by atoms with van der Waals surface area (Å²) in [6.07, 6.45) is 6.60. The first-order valence-corrected chi connectivity index (χ1v) is 9.84. The summed E-state index contributed by atoms with van der Waals surface area (Å²) in [5.74, 6) is -0.671. The summed E-state index contributed by atoms with van der Waals surface area (Å²) < 4.78 is 5.38. The Kier molecular flexibility index (Phi) is 4.94. The van der Waals surface area contributed by atoms with Gasteiger partial charge in [-0.25, -0.2) is 0 Å². The highest BCUT2D eigenvalue weighted by molar-refractivity contribution is 7.09. The fourth-order valence-corrected chi connectivity index (χ4v) is 4.39. The number of furan rings is 1. The normalized spacial score (nSPS) is 21.6. The number of likely N-dealkylation sites (tertiary alicyclic amines) is 1. The Labute approximate surface area is 161 Å². The summed E-state index contributed by atoms with van der Waals surface area (Å²) in [4.78, 5) is 42.0. The Bertz CT molecular complexity index is 794. The minimum absolute atomic E-state index is 0.212. The predicted octanol–water partition coefficient (Wildman–Crippen LogP) is 2.82. The van der Waals surface area contributed by atoms with E-state index in [1.807, 2.05) is 29.7 Å². The number of carbonyl (C=O) groups is 3. The molecule has 3 heterocycles. The van der Waals surface area contributed by atoms with Crippen molar-refractivity contribution < 1.29 is 18.8 Å². The maximum Gasteiger partial charge on any atom is 0.243 e. The van der Waals surface area contributed by atoms with Crippen LogP contribution in [0, 0.1) is 11.8 Å². The number of hydrogen-bond acceptors (Lipinski definition) is 5. The molecule has 2 atom stereocenters. The number of amides is 3. The molecule has 0 saturated carbocycles. The van der Waals surface area contributed by atoms with Gasteiger partial charge < -0.3 is 9.32 Å². The van der Waals surface area contributed by atoms with Crippen LogP contribution in [0.3, 0.4) is 0 Å². The van der Waals surface area contributed by atoms with Gasteiger partial charge in [-0.15, -0.1) is 11.3 Å². The minimum atomic E-state index is -0.314. The standard InChI is InChI=1S/C20H20N2O4S/c23-18(13-22-19(24)16-7-1-2-8-17(16)20(22)25)21(11-14-5-3-9-26-14)12-15-6-4-10-27-15/h1-6,9-10,16-17H,7-8,11-13H2/t16-,17+. The molecule has 0 aromatic carbocycles. The van der Waals surface area contributed by atoms with E-state index in [2.05, 4.69) is 0 Å². The summed E-state index contributed by atoms with van der Waals surface area (Å²) in [6.45, 7) is 0.507. The summed E-state index contributed by atoms with van der Waals surface area (Å²) in [6, 6.07) is 7.47. The van der Waals surface area contributed by atoms with Gasteiger partial charge in [0.05, 0.1) is 31.2 Å². The van der Waals surface area contributed by atoms with E-state index in [4.69, 9.17) is 4.42 Å². The van der Waals surface area contributed by atoms with Crippen molar-refractivity contribution in [2.45, 2.75) is 25.9 Å². The highest BCUT2D eigenvalue weighted by atomic mass is 32.1. The van der Waals surface area contributed by atoms with Crippen LogP contribution < -0.4 is 0 Å². The van der Waals surface area contributed by atoms with Crippen LogP contribution in [0.1, 0.15) is 23.5 Å². The Morgan fingerprint density at radius 1 is 1.11 bits per heavy atom. The maximum atomic E-state index is 13.0. The molecule has 27 heavy (non-hydrogen) atoms. The lowest BCUT2D eigenvalue weighted by Gasteiger charge is -2.24. The lowest BCUT2D eigenvalue weighted by atomic mass is 9.85. The largest absolute Gasteiger partial charge is 0.467 e. The van der Waals surface area contributed by atoms with E-state index >= 15 is 0 Å². The maximum absolute atomic E-state index is 13.0. The highest BCUT2D eigenvalue weighted by Crippen LogP contribution is 2.35. The van der Waals surface area contributed by atoms with Gasteiger partial charge in [0.2, 0.25) is 17.7 Å². The average molecular weight is 384 g/mol. The van der Waals surface area contributed by atoms with Gasteiger partial charge in [-0.05, 0) is 36.4 Å². The van der Waals surface area contributed by atoms with Gasteiger partial charge >= 0.3 is 0 Å². The molecule has 1 aliphatic heterocycles. The minimum Gasteiger partial charge on any atom is -0.467 e. The number of fused-ring (bicyclic) bond motifs is 1. The summed E-state index contributed by atoms with van der Waals surface area (Å²) >= 11 is 1.56. The van der Waals surface area contributed by atoms with E-state index in [-0.39, 0.29) is 36.1 Å². The lowest BCUT2D eigenvalue weighted by molar-refractivity contribution is -0.147. The Morgan fingerprint density at radius 2 is 1.85 bits per heavy atom. The molecule has 0 unspecified atom stereocenters. The third-order valence-electron chi connectivity index (χ3n) is 5.10. The van der Waals surface area contributed by atoms with Crippen molar-refractivity contribution in [3.8, 4) is 0 Å². The van der Waals surface area contributed by atoms with Crippen LogP contribution >= 0.6 is 11.3 Å². The van der Waals surface area contributed by atoms with Crippen molar-refractivity contribution in [3.05, 3.63) is 58.7 Å². The van der Waals surface area contributed by atoms with Gasteiger partial charge in [0, 0.05) is 4.88 Å². The SMILES string of the molecule is O=C(CN1C(=O)[C@H]2CC=CC[C@H]2C1=O)N(Cc1ccco1)Cc1cccs1. The molecule has 2 aromatic heterocycles. The molecule has 0 bridgehead atoms. The summed E-state index contributed by atoms with van der Waals surface area (Å²) in [7, 11) is 0. The van der Waals surface area contributed by atoms with Crippen LogP contribution in [0.25, 0.3) is 0 Å². The zero-order valence-corrected chi connectivity index (χ0v) is 15.6. The number of rotatable bonds is 6. The second kappa shape index (κ2) is 7.52. The van der Waals surface area contributed by atoms with Gasteiger partial charge in [0.1, 0.15) is 12.3 Å². The van der Waals surface area contributed by atoms with E-state index < -0.39 is 0 Å². The first-order valence-electron chi connectivity index (χ1n) is 8.96. The number of thiophene rings is 1. The van der Waals surface area contributed by atoms with Crippen molar-refractivity contribution in [2.75, 3.05) is 6.54 Å². The second-order valence-corrected chi connectivity index (χ2v) is 7.86. The third-order valence-corrected chi connectivity index (χ3v) is 5.96. The highest BCUT2D eigenvalue weighted by Gasteiger charge is 2.47. The number of imide groups is 1. The molecule has 1 fully saturated rings. The van der Waals surface area contributed by atoms with Gasteiger partial charge in [-0.3, -0.25) is 19.3 Å². The van der Waals surface area contributed by atoms with E-state index in [0.717, 1.165) is 9.78 Å². The van der Waals surface area contributed by atoms with Crippen LogP contribution in [0.15, 0.2) is 52.5 Å². The molecule has 7 heteroatoms. The molecule has 4 rings (SSSR count). The van der Waals surface area contributed by atoms with Crippen molar-refractivity contribution in [2.24, 2.45) is 11.8 Å². The predicted molar refractivity (Wildman–Crippen MR) is 99.4 cm³/mol. The molecule has 6 nitrogen and oxygen atoms in total. The van der Waals surface area contributed by atoms with E-state index in [9.17, 15) is 14.4 Å². The molecule has 0 radical (unpaired) electrons. The number of carbonyl (C=O) groups excluding carboxylic acids is 3. The topological polar surface area (TPSA) is 70.8 Å². The van der Waals surface area contributed by atoms with Crippen LogP contribution in [0.4, 0.5) is 0 Å². The van der Waals surface area contributed by atoms with Gasteiger partial charge in [0.25, 0.3) is 0 Å². The van der Waals surface area contributed by atoms with Crippen molar-refractivity contribution >= 4 is 29.1 Å². The van der Waals surface area contributed by atoms with Gasteiger partial charge in [0.15, 0.2) is 0 Å². The fourth-order valence-electron chi connectivity index (χ4n) is 3.67. The zero-order valence-electron chi connectivity index (χ0n) is 14.7. The molecule has 0 N–H and O–H groups in total. The molecular formula is C20H20N2O4S. The Balaban J connectivity index is 1.49. The van der Waals surface area contributed by atoms with E-state index in [1.165, 1.54) is 0 Å². The van der Waals surface area contributed by atoms with Crippen LogP contribution in [-0.4, -0.2) is 34.1 Å². The summed E-state index contributed by atoms with van der Waals surface area (Å²) in [5, 5.41) is 1.95. The molecule has 140 valence electrons. The van der Waals surface area contributed by atoms with Crippen LogP contribution in [-0.2, 0) is 27.5 Å². The number of nitrogens with zero attached hydrogens (tertiary/aromatic N) is 2. The third kappa shape index (κ3) is 3.60. The Hall–Kier alpha value is -2.67. The molecular weight excluding hydrogens is 364 g/mol. The van der Waals surface area contributed by atoms with Gasteiger partial charge in [-0.2, -0.15) is 0 Å². The van der Waals surface area contributed by atoms with E-state index in [0.29, 0.717) is 31.7 Å². The van der Waals surface area contributed by atoms with Crippen LogP contribution in [0.2, 0.25) is 0 Å². The fraction of sp³-hybridized carbons (Fsp3) is 0.350. The average Bonchev–Trinajstić information content (AvgIpc) is 3.41. The molecule has 2 aliphatic rings. The van der Waals surface area contributed by atoms with Crippen molar-refractivity contribution in [1.29, 1.82) is 0 Å². The second-order valence-electron chi connectivity index (χ2n) is 6.83. The van der Waals surface area contributed by atoms with E-state index in [1.54, 1.807) is 34.6 Å². The molecule has 3 amide bonds. The first kappa shape index (κ1) is 17.7. The number of allylic oxidation sites excluding steroid dienone is 2. The molecule has 1 saturated heterocycles. The summed E-state index contributed by atoms with van der Waals surface area (Å²) in [5.41, 5.74) is 0. The monoisotopic (exact) mass is 384 g/mol. The molecule has 1 aliphatic carbocycles. The Morgan fingerprint density at radius 3 is 2.44 bits per heavy atom. The zero-order chi connectivity index (χ0) is 18.8. The molecule has 0 spiro atoms. The van der Waals surface area contributed by atoms with Crippen LogP contribution in [0.5, 0.6) is 0 Å².